The molecule has 12 rings (SSSR count). The van der Waals surface area contributed by atoms with Gasteiger partial charge in [-0.1, -0.05) is 148 Å². The predicted molar refractivity (Wildman–Crippen MR) is 242 cm³/mol. The Kier molecular flexibility index (Phi) is 7.70. The van der Waals surface area contributed by atoms with Crippen LogP contribution in [0.25, 0.3) is 66.9 Å². The van der Waals surface area contributed by atoms with Crippen molar-refractivity contribution in [3.05, 3.63) is 190 Å². The fraction of sp³-hybridized carbons (Fsp3) is 0.214. The van der Waals surface area contributed by atoms with Gasteiger partial charge in [-0.05, 0) is 112 Å². The third-order valence-corrected chi connectivity index (χ3v) is 14.3. The Hall–Kier alpha value is -6.32. The van der Waals surface area contributed by atoms with Crippen molar-refractivity contribution in [1.29, 1.82) is 0 Å². The summed E-state index contributed by atoms with van der Waals surface area (Å²) >= 11 is 0. The van der Waals surface area contributed by atoms with Gasteiger partial charge >= 0.3 is 0 Å². The number of hydrogen-bond acceptors (Lipinski definition) is 3. The number of benzene rings is 6. The van der Waals surface area contributed by atoms with E-state index in [0.717, 1.165) is 63.0 Å². The summed E-state index contributed by atoms with van der Waals surface area (Å²) in [6.45, 7) is 4.95. The zero-order valence-electron chi connectivity index (χ0n) is 33.8. The van der Waals surface area contributed by atoms with Crippen molar-refractivity contribution in [2.45, 2.75) is 76.0 Å². The third kappa shape index (κ3) is 5.26. The lowest BCUT2D eigenvalue weighted by atomic mass is 9.67. The summed E-state index contributed by atoms with van der Waals surface area (Å²) in [6, 6.07) is 48.9. The van der Waals surface area contributed by atoms with Gasteiger partial charge in [0.1, 0.15) is 11.2 Å². The highest BCUT2D eigenvalue weighted by Gasteiger charge is 2.47. The van der Waals surface area contributed by atoms with E-state index in [-0.39, 0.29) is 10.8 Å². The molecule has 1 fully saturated rings. The molecule has 2 aromatic heterocycles. The number of rotatable bonds is 5. The normalized spacial score (nSPS) is 17.2. The molecular formula is C56H46N2O. The van der Waals surface area contributed by atoms with Gasteiger partial charge in [-0.25, -0.2) is 9.97 Å². The molecule has 0 radical (unpaired) electrons. The molecule has 59 heavy (non-hydrogen) atoms. The fourth-order valence-electron chi connectivity index (χ4n) is 11.5. The summed E-state index contributed by atoms with van der Waals surface area (Å²) in [7, 11) is 0. The Morgan fingerprint density at radius 3 is 2.29 bits per heavy atom. The Balaban J connectivity index is 0.946. The molecular weight excluding hydrogens is 717 g/mol. The van der Waals surface area contributed by atoms with Crippen LogP contribution in [-0.4, -0.2) is 9.97 Å². The average molecular weight is 763 g/mol. The molecule has 4 aliphatic rings. The summed E-state index contributed by atoms with van der Waals surface area (Å²) in [6.07, 6.45) is 13.9. The number of furan rings is 1. The maximum atomic E-state index is 6.36. The van der Waals surface area contributed by atoms with Crippen LogP contribution >= 0.6 is 0 Å². The van der Waals surface area contributed by atoms with E-state index in [9.17, 15) is 0 Å². The smallest absolute Gasteiger partial charge is 0.159 e. The third-order valence-electron chi connectivity index (χ3n) is 14.3. The quantitative estimate of drug-likeness (QED) is 0.175. The summed E-state index contributed by atoms with van der Waals surface area (Å²) in [4.78, 5) is 10.2. The molecule has 0 aliphatic heterocycles. The van der Waals surface area contributed by atoms with Gasteiger partial charge < -0.3 is 4.42 Å². The molecule has 0 saturated heterocycles. The van der Waals surface area contributed by atoms with Crippen LogP contribution in [0.3, 0.4) is 0 Å². The first-order chi connectivity index (χ1) is 29.0. The second-order valence-corrected chi connectivity index (χ2v) is 17.9. The molecule has 4 aliphatic carbocycles. The summed E-state index contributed by atoms with van der Waals surface area (Å²) in [5.74, 6) is 0.724. The fourth-order valence-corrected chi connectivity index (χ4v) is 11.5. The van der Waals surface area contributed by atoms with Crippen LogP contribution in [0.15, 0.2) is 156 Å². The minimum Gasteiger partial charge on any atom is -0.456 e. The van der Waals surface area contributed by atoms with Crippen molar-refractivity contribution in [1.82, 2.24) is 9.97 Å². The van der Waals surface area contributed by atoms with E-state index < -0.39 is 0 Å². The van der Waals surface area contributed by atoms with Gasteiger partial charge in [0, 0.05) is 50.9 Å². The van der Waals surface area contributed by atoms with Crippen LogP contribution in [0.1, 0.15) is 97.7 Å². The molecule has 2 heterocycles. The molecule has 3 nitrogen and oxygen atoms in total. The van der Waals surface area contributed by atoms with Gasteiger partial charge in [0.15, 0.2) is 5.82 Å². The molecule has 0 bridgehead atoms. The number of aromatic nitrogens is 2. The van der Waals surface area contributed by atoms with E-state index in [2.05, 4.69) is 123 Å². The molecule has 286 valence electrons. The monoisotopic (exact) mass is 762 g/mol. The van der Waals surface area contributed by atoms with Gasteiger partial charge in [0.25, 0.3) is 0 Å². The largest absolute Gasteiger partial charge is 0.456 e. The van der Waals surface area contributed by atoms with E-state index in [1.165, 1.54) is 76.6 Å². The second-order valence-electron chi connectivity index (χ2n) is 17.9. The van der Waals surface area contributed by atoms with Crippen LogP contribution in [0, 0.1) is 0 Å². The highest BCUT2D eigenvalue weighted by molar-refractivity contribution is 6.11. The minimum absolute atomic E-state index is 0.0260. The topological polar surface area (TPSA) is 38.9 Å². The molecule has 0 N–H and O–H groups in total. The number of para-hydroxylation sites is 1. The first-order valence-electron chi connectivity index (χ1n) is 21.6. The van der Waals surface area contributed by atoms with Crippen molar-refractivity contribution in [3.8, 4) is 33.8 Å². The lowest BCUT2D eigenvalue weighted by Crippen LogP contribution is -2.28. The van der Waals surface area contributed by atoms with Crippen LogP contribution < -0.4 is 0 Å². The molecule has 3 heteroatoms. The number of hydrogen-bond donors (Lipinski definition) is 0. The van der Waals surface area contributed by atoms with Crippen molar-refractivity contribution in [3.63, 3.8) is 0 Å². The van der Waals surface area contributed by atoms with E-state index in [0.29, 0.717) is 6.42 Å². The Bertz CT molecular complexity index is 3080. The molecule has 8 aromatic rings. The molecule has 6 aromatic carbocycles. The summed E-state index contributed by atoms with van der Waals surface area (Å²) in [5, 5.41) is 2.25. The van der Waals surface area contributed by atoms with Gasteiger partial charge in [-0.2, -0.15) is 0 Å². The van der Waals surface area contributed by atoms with Gasteiger partial charge in [-0.3, -0.25) is 0 Å². The highest BCUT2D eigenvalue weighted by Crippen LogP contribution is 2.61. The van der Waals surface area contributed by atoms with Gasteiger partial charge in [0.2, 0.25) is 0 Å². The maximum absolute atomic E-state index is 6.36. The zero-order chi connectivity index (χ0) is 39.3. The molecule has 0 atom stereocenters. The molecule has 0 unspecified atom stereocenters. The lowest BCUT2D eigenvalue weighted by Gasteiger charge is -2.36. The molecule has 0 amide bonds. The summed E-state index contributed by atoms with van der Waals surface area (Å²) in [5.41, 5.74) is 22.0. The van der Waals surface area contributed by atoms with Crippen molar-refractivity contribution < 1.29 is 4.42 Å². The standard InChI is InChI=1S/C56H46N2O/c1-55(2)47-23-14-21-40(52(47)45-33-49-44(32-48(45)55)41-19-7-9-22-46(41)56(49)27-11-4-12-28-56)37-18-13-15-35(29-37)30-39-34-57-54(36-16-5-3-6-17-36)58-53(39)38-25-26-43-42-20-8-10-24-50(42)59-51(43)31-38/h3,5-10,13,15-22,24-26,29,31-34H,4,11-12,14,23,27-28,30H2,1-2H3. The highest BCUT2D eigenvalue weighted by atomic mass is 16.3. The Morgan fingerprint density at radius 2 is 1.39 bits per heavy atom. The van der Waals surface area contributed by atoms with E-state index in [1.807, 2.05) is 36.5 Å². The van der Waals surface area contributed by atoms with Crippen LogP contribution in [0.2, 0.25) is 0 Å². The molecule has 1 saturated carbocycles. The first-order valence-corrected chi connectivity index (χ1v) is 21.6. The van der Waals surface area contributed by atoms with Crippen molar-refractivity contribution >= 4 is 33.1 Å². The van der Waals surface area contributed by atoms with E-state index in [4.69, 9.17) is 14.4 Å². The number of fused-ring (bicyclic) bond motifs is 10. The average Bonchev–Trinajstić information content (AvgIpc) is 3.86. The Labute approximate surface area is 346 Å². The van der Waals surface area contributed by atoms with Gasteiger partial charge in [0.05, 0.1) is 5.69 Å². The van der Waals surface area contributed by atoms with E-state index in [1.54, 1.807) is 16.7 Å². The van der Waals surface area contributed by atoms with Crippen molar-refractivity contribution in [2.24, 2.45) is 0 Å². The predicted octanol–water partition coefficient (Wildman–Crippen LogP) is 14.5. The van der Waals surface area contributed by atoms with Crippen LogP contribution in [0.5, 0.6) is 0 Å². The number of allylic oxidation sites excluding steroid dienone is 4. The zero-order valence-corrected chi connectivity index (χ0v) is 33.8. The van der Waals surface area contributed by atoms with Crippen molar-refractivity contribution in [2.75, 3.05) is 0 Å². The lowest BCUT2D eigenvalue weighted by molar-refractivity contribution is 0.352. The minimum atomic E-state index is -0.0260. The molecule has 1 spiro atoms. The Morgan fingerprint density at radius 1 is 0.610 bits per heavy atom. The summed E-state index contributed by atoms with van der Waals surface area (Å²) < 4.78 is 6.36. The SMILES string of the molecule is CC1(C)C2=C(C(c3cccc(Cc4cnc(-c5ccccc5)nc4-c4ccc5c(c4)oc4ccccc45)c3)=CCC2)c2cc3c(cc21)-c1ccccc1C31CCCCC1. The second kappa shape index (κ2) is 13.1. The number of nitrogens with zero attached hydrogens (tertiary/aromatic N) is 2. The van der Waals surface area contributed by atoms with E-state index >= 15 is 0 Å². The maximum Gasteiger partial charge on any atom is 0.159 e. The first kappa shape index (κ1) is 34.7. The van der Waals surface area contributed by atoms with Crippen LogP contribution in [-0.2, 0) is 17.3 Å². The van der Waals surface area contributed by atoms with Gasteiger partial charge in [-0.15, -0.1) is 0 Å². The van der Waals surface area contributed by atoms with Crippen LogP contribution in [0.4, 0.5) is 0 Å².